The molecule has 8 nitrogen and oxygen atoms in total. The first-order valence-corrected chi connectivity index (χ1v) is 18.9. The first-order valence-electron chi connectivity index (χ1n) is 17.0. The van der Waals surface area contributed by atoms with Crippen LogP contribution in [0.1, 0.15) is 81.3 Å². The van der Waals surface area contributed by atoms with E-state index in [4.69, 9.17) is 14.2 Å². The number of nitrogens with one attached hydrogen (secondary N) is 1. The number of benzene rings is 3. The Kier molecular flexibility index (Phi) is 11.1. The molecule has 7 rings (SSSR count). The molecule has 4 aliphatic heterocycles. The molecule has 276 valence electrons. The molecule has 3 aromatic carbocycles. The summed E-state index contributed by atoms with van der Waals surface area (Å²) in [5.41, 5.74) is 6.81. The van der Waals surface area contributed by atoms with Crippen LogP contribution in [-0.4, -0.2) is 70.6 Å². The molecule has 4 heterocycles. The van der Waals surface area contributed by atoms with E-state index in [9.17, 15) is 35.2 Å². The van der Waals surface area contributed by atoms with Crippen LogP contribution in [0.4, 0.5) is 22.0 Å². The van der Waals surface area contributed by atoms with Gasteiger partial charge in [0.05, 0.1) is 23.7 Å². The van der Waals surface area contributed by atoms with E-state index in [0.29, 0.717) is 12.5 Å². The van der Waals surface area contributed by atoms with Crippen LogP contribution in [0.5, 0.6) is 5.75 Å². The van der Waals surface area contributed by atoms with E-state index in [0.717, 1.165) is 86.9 Å². The number of carbonyl (C=O) groups excluding carboxylic acids is 1. The lowest BCUT2D eigenvalue weighted by Gasteiger charge is -2.23. The molecule has 2 atom stereocenters. The summed E-state index contributed by atoms with van der Waals surface area (Å²) in [6, 6.07) is 15.6. The minimum absolute atomic E-state index is 0.164. The van der Waals surface area contributed by atoms with Crippen molar-refractivity contribution in [1.29, 1.82) is 0 Å². The van der Waals surface area contributed by atoms with Crippen molar-refractivity contribution in [3.8, 4) is 5.75 Å². The summed E-state index contributed by atoms with van der Waals surface area (Å²) in [5, 5.41) is 3.39. The minimum Gasteiger partial charge on any atom is -0.486 e. The van der Waals surface area contributed by atoms with Crippen molar-refractivity contribution in [2.45, 2.75) is 80.7 Å². The van der Waals surface area contributed by atoms with E-state index in [1.807, 2.05) is 18.2 Å². The van der Waals surface area contributed by atoms with Crippen LogP contribution in [0.2, 0.25) is 0 Å². The molecule has 2 saturated heterocycles. The second-order valence-corrected chi connectivity index (χ2v) is 15.6. The van der Waals surface area contributed by atoms with Crippen LogP contribution < -0.4 is 10.1 Å². The predicted molar refractivity (Wildman–Crippen MR) is 179 cm³/mol. The van der Waals surface area contributed by atoms with Crippen molar-refractivity contribution in [2.24, 2.45) is 0 Å². The fraction of sp³-hybridized carbons (Fsp3) is 0.486. The summed E-state index contributed by atoms with van der Waals surface area (Å²) in [6.07, 6.45) is -0.549. The average Bonchev–Trinajstić information content (AvgIpc) is 3.77. The molecule has 0 radical (unpaired) electrons. The molecule has 0 spiro atoms. The SMILES string of the molecule is CS(=O)(=O)c1ccc(OCC(F)(F)C(F)(F)F)c(C(=O)N2Cc3ccc(C4CCCOC4)cc3C2)c1.c1cc2c(cc1C1CCCOC1)CNC2. The lowest BCUT2D eigenvalue weighted by Crippen LogP contribution is -2.42. The Morgan fingerprint density at radius 3 is 2.00 bits per heavy atom. The number of hydrogen-bond acceptors (Lipinski definition) is 7. The van der Waals surface area contributed by atoms with Gasteiger partial charge in [0.2, 0.25) is 0 Å². The van der Waals surface area contributed by atoms with Gasteiger partial charge >= 0.3 is 12.1 Å². The number of alkyl halides is 5. The maximum Gasteiger partial charge on any atom is 0.456 e. The Bertz CT molecular complexity index is 1840. The summed E-state index contributed by atoms with van der Waals surface area (Å²) >= 11 is 0. The number of nitrogens with zero attached hydrogens (tertiary/aromatic N) is 1. The van der Waals surface area contributed by atoms with Crippen molar-refractivity contribution in [1.82, 2.24) is 10.2 Å². The van der Waals surface area contributed by atoms with Gasteiger partial charge in [0.1, 0.15) is 5.75 Å². The quantitative estimate of drug-likeness (QED) is 0.264. The maximum absolute atomic E-state index is 13.4. The molecule has 0 aromatic heterocycles. The molecule has 4 aliphatic rings. The molecule has 0 saturated carbocycles. The van der Waals surface area contributed by atoms with Gasteiger partial charge < -0.3 is 24.4 Å². The second kappa shape index (κ2) is 15.2. The highest BCUT2D eigenvalue weighted by Gasteiger charge is 2.58. The third kappa shape index (κ3) is 8.73. The Morgan fingerprint density at radius 1 is 0.824 bits per heavy atom. The summed E-state index contributed by atoms with van der Waals surface area (Å²) < 4.78 is 104. The predicted octanol–water partition coefficient (Wildman–Crippen LogP) is 6.90. The number of carbonyl (C=O) groups is 1. The molecule has 14 heteroatoms. The number of ether oxygens (including phenoxy) is 3. The van der Waals surface area contributed by atoms with E-state index >= 15 is 0 Å². The summed E-state index contributed by atoms with van der Waals surface area (Å²) in [7, 11) is -3.80. The largest absolute Gasteiger partial charge is 0.486 e. The van der Waals surface area contributed by atoms with Gasteiger partial charge in [-0.25, -0.2) is 8.42 Å². The van der Waals surface area contributed by atoms with Gasteiger partial charge in [-0.15, -0.1) is 0 Å². The molecule has 2 unspecified atom stereocenters. The van der Waals surface area contributed by atoms with Crippen molar-refractivity contribution < 1.29 is 49.4 Å². The van der Waals surface area contributed by atoms with Crippen LogP contribution in [0, 0.1) is 0 Å². The van der Waals surface area contributed by atoms with E-state index in [1.165, 1.54) is 34.4 Å². The number of sulfone groups is 1. The van der Waals surface area contributed by atoms with E-state index in [-0.39, 0.29) is 23.9 Å². The molecule has 0 bridgehead atoms. The molecule has 1 N–H and O–H groups in total. The summed E-state index contributed by atoms with van der Waals surface area (Å²) in [6.45, 7) is 3.52. The number of rotatable bonds is 7. The second-order valence-electron chi connectivity index (χ2n) is 13.6. The molecule has 0 aliphatic carbocycles. The Balaban J connectivity index is 0.000000246. The van der Waals surface area contributed by atoms with Gasteiger partial charge in [-0.1, -0.05) is 36.4 Å². The lowest BCUT2D eigenvalue weighted by molar-refractivity contribution is -0.290. The van der Waals surface area contributed by atoms with Gasteiger partial charge in [-0.05, 0) is 77.3 Å². The summed E-state index contributed by atoms with van der Waals surface area (Å²) in [4.78, 5) is 14.4. The van der Waals surface area contributed by atoms with Gasteiger partial charge in [0.15, 0.2) is 16.4 Å². The highest BCUT2D eigenvalue weighted by atomic mass is 32.2. The molecule has 2 fully saturated rings. The zero-order chi connectivity index (χ0) is 36.4. The third-order valence-electron chi connectivity index (χ3n) is 9.80. The van der Waals surface area contributed by atoms with E-state index in [1.54, 1.807) is 0 Å². The molecule has 1 amide bonds. The molecule has 3 aromatic rings. The van der Waals surface area contributed by atoms with Crippen molar-refractivity contribution in [2.75, 3.05) is 39.3 Å². The molecular weight excluding hydrogens is 695 g/mol. The number of halogens is 5. The topological polar surface area (TPSA) is 94.2 Å². The highest BCUT2D eigenvalue weighted by Crippen LogP contribution is 2.37. The van der Waals surface area contributed by atoms with Crippen molar-refractivity contribution >= 4 is 15.7 Å². The van der Waals surface area contributed by atoms with Gasteiger partial charge in [-0.2, -0.15) is 22.0 Å². The zero-order valence-corrected chi connectivity index (χ0v) is 29.1. The third-order valence-corrected chi connectivity index (χ3v) is 10.9. The first-order chi connectivity index (χ1) is 24.2. The van der Waals surface area contributed by atoms with E-state index in [2.05, 4.69) is 23.5 Å². The van der Waals surface area contributed by atoms with Gasteiger partial charge in [0.25, 0.3) is 5.91 Å². The smallest absolute Gasteiger partial charge is 0.456 e. The van der Waals surface area contributed by atoms with Crippen LogP contribution in [0.15, 0.2) is 59.5 Å². The van der Waals surface area contributed by atoms with Crippen LogP contribution in [0.3, 0.4) is 0 Å². The zero-order valence-electron chi connectivity index (χ0n) is 28.2. The highest BCUT2D eigenvalue weighted by molar-refractivity contribution is 7.90. The van der Waals surface area contributed by atoms with Crippen LogP contribution >= 0.6 is 0 Å². The summed E-state index contributed by atoms with van der Waals surface area (Å²) in [5.74, 6) is -5.61. The van der Waals surface area contributed by atoms with Crippen molar-refractivity contribution in [3.05, 3.63) is 93.5 Å². The number of fused-ring (bicyclic) bond motifs is 2. The maximum atomic E-state index is 13.4. The van der Waals surface area contributed by atoms with Crippen LogP contribution in [-0.2, 0) is 45.5 Å². The van der Waals surface area contributed by atoms with Crippen LogP contribution in [0.25, 0.3) is 0 Å². The van der Waals surface area contributed by atoms with E-state index < -0.39 is 45.8 Å². The average molecular weight is 737 g/mol. The number of amides is 1. The Hall–Kier alpha value is -3.59. The Labute approximate surface area is 294 Å². The fourth-order valence-electron chi connectivity index (χ4n) is 6.84. The fourth-order valence-corrected chi connectivity index (χ4v) is 7.49. The Morgan fingerprint density at radius 2 is 1.41 bits per heavy atom. The minimum atomic E-state index is -5.85. The first kappa shape index (κ1) is 37.2. The monoisotopic (exact) mass is 736 g/mol. The van der Waals surface area contributed by atoms with Crippen molar-refractivity contribution in [3.63, 3.8) is 0 Å². The lowest BCUT2D eigenvalue weighted by atomic mass is 9.91. The molecular formula is C37H41F5N2O6S. The standard InChI is InChI=1S/C24H24F5NO5S.C13H17NO/c1-36(32,33)19-6-7-21(35-14-23(25,26)24(27,28)29)20(10-19)22(31)30-11-16-5-4-15(9-18(16)12-30)17-3-2-8-34-13-17;1-2-12(9-15-5-1)10-3-4-11-7-14-8-13(11)6-10/h4-7,9-10,17H,2-3,8,11-14H2,1H3;3-4,6,12,14H,1-2,5,7-9H2. The van der Waals surface area contributed by atoms with Gasteiger partial charge in [0, 0.05) is 57.5 Å². The number of hydrogen-bond donors (Lipinski definition) is 1. The molecule has 51 heavy (non-hydrogen) atoms. The normalized spacial score (nSPS) is 20.6. The van der Waals surface area contributed by atoms with Gasteiger partial charge in [-0.3, -0.25) is 4.79 Å².